The second kappa shape index (κ2) is 6.00. The summed E-state index contributed by atoms with van der Waals surface area (Å²) in [4.78, 5) is 24.7. The maximum atomic E-state index is 13.6. The van der Waals surface area contributed by atoms with Crippen molar-refractivity contribution in [1.29, 1.82) is 0 Å². The van der Waals surface area contributed by atoms with Gasteiger partial charge in [-0.3, -0.25) is 9.69 Å². The number of benzene rings is 1. The van der Waals surface area contributed by atoms with Crippen LogP contribution in [0.3, 0.4) is 0 Å². The summed E-state index contributed by atoms with van der Waals surface area (Å²) in [5.41, 5.74) is 0.141. The first-order valence-corrected chi connectivity index (χ1v) is 5.46. The summed E-state index contributed by atoms with van der Waals surface area (Å²) in [6, 6.07) is 5.32. The lowest BCUT2D eigenvalue weighted by Gasteiger charge is -2.26. The summed E-state index contributed by atoms with van der Waals surface area (Å²) in [7, 11) is 1.36. The maximum Gasteiger partial charge on any atom is 0.324 e. The van der Waals surface area contributed by atoms with E-state index in [9.17, 15) is 14.0 Å². The number of nitrogens with zero attached hydrogens (tertiary/aromatic N) is 2. The van der Waals surface area contributed by atoms with Crippen molar-refractivity contribution in [3.8, 4) is 0 Å². The number of halogens is 1. The van der Waals surface area contributed by atoms with Gasteiger partial charge in [0.1, 0.15) is 12.4 Å². The molecule has 1 N–H and O–H groups in total. The highest BCUT2D eigenvalue weighted by molar-refractivity contribution is 5.93. The topological polar surface area (TPSA) is 60.9 Å². The van der Waals surface area contributed by atoms with Gasteiger partial charge < -0.3 is 10.0 Å². The van der Waals surface area contributed by atoms with Crippen LogP contribution in [0.25, 0.3) is 0 Å². The SMILES string of the molecule is CCN(C(=O)N(C)CC(=O)O)c1ccccc1F. The largest absolute Gasteiger partial charge is 0.480 e. The Balaban J connectivity index is 2.93. The van der Waals surface area contributed by atoms with Gasteiger partial charge in [-0.25, -0.2) is 9.18 Å². The van der Waals surface area contributed by atoms with E-state index in [1.165, 1.54) is 30.1 Å². The smallest absolute Gasteiger partial charge is 0.324 e. The lowest BCUT2D eigenvalue weighted by atomic mass is 10.3. The van der Waals surface area contributed by atoms with Crippen LogP contribution in [-0.2, 0) is 4.79 Å². The third-order valence-corrected chi connectivity index (χ3v) is 2.39. The Morgan fingerprint density at radius 3 is 2.44 bits per heavy atom. The second-order valence-electron chi connectivity index (χ2n) is 3.73. The van der Waals surface area contributed by atoms with Crippen LogP contribution in [0.5, 0.6) is 0 Å². The van der Waals surface area contributed by atoms with E-state index in [0.717, 1.165) is 4.90 Å². The van der Waals surface area contributed by atoms with Gasteiger partial charge in [0.15, 0.2) is 0 Å². The number of carbonyl (C=O) groups excluding carboxylic acids is 1. The standard InChI is InChI=1S/C12H15FN2O3/c1-3-15(10-7-5-4-6-9(10)13)12(18)14(2)8-11(16)17/h4-7H,3,8H2,1-2H3,(H,16,17). The maximum absolute atomic E-state index is 13.6. The van der Waals surface area contributed by atoms with E-state index in [4.69, 9.17) is 5.11 Å². The molecular weight excluding hydrogens is 239 g/mol. The fourth-order valence-corrected chi connectivity index (χ4v) is 1.56. The highest BCUT2D eigenvalue weighted by Gasteiger charge is 2.21. The Hall–Kier alpha value is -2.11. The molecule has 0 spiro atoms. The van der Waals surface area contributed by atoms with Crippen molar-refractivity contribution in [1.82, 2.24) is 4.90 Å². The van der Waals surface area contributed by atoms with Gasteiger partial charge >= 0.3 is 12.0 Å². The molecule has 0 aromatic heterocycles. The van der Waals surface area contributed by atoms with Crippen LogP contribution in [-0.4, -0.2) is 42.1 Å². The zero-order chi connectivity index (χ0) is 13.7. The van der Waals surface area contributed by atoms with Crippen LogP contribution in [0.4, 0.5) is 14.9 Å². The molecule has 0 aliphatic carbocycles. The fraction of sp³-hybridized carbons (Fsp3) is 0.333. The van der Waals surface area contributed by atoms with Gasteiger partial charge in [0, 0.05) is 13.6 Å². The van der Waals surface area contributed by atoms with Gasteiger partial charge in [0.05, 0.1) is 5.69 Å². The number of likely N-dealkylation sites (N-methyl/N-ethyl adjacent to an activating group) is 1. The van der Waals surface area contributed by atoms with E-state index in [1.807, 2.05) is 0 Å². The number of para-hydroxylation sites is 1. The van der Waals surface area contributed by atoms with E-state index >= 15 is 0 Å². The first kappa shape index (κ1) is 14.0. The molecular formula is C12H15FN2O3. The summed E-state index contributed by atoms with van der Waals surface area (Å²) in [6.45, 7) is 1.52. The van der Waals surface area contributed by atoms with Crippen molar-refractivity contribution in [2.75, 3.05) is 25.0 Å². The summed E-state index contributed by atoms with van der Waals surface area (Å²) in [5.74, 6) is -1.63. The van der Waals surface area contributed by atoms with E-state index in [2.05, 4.69) is 0 Å². The molecule has 0 saturated heterocycles. The number of aliphatic carboxylic acids is 1. The number of carboxylic acid groups (broad SMARTS) is 1. The first-order chi connectivity index (χ1) is 8.47. The molecule has 0 fully saturated rings. The Morgan fingerprint density at radius 1 is 1.33 bits per heavy atom. The zero-order valence-corrected chi connectivity index (χ0v) is 10.3. The Morgan fingerprint density at radius 2 is 1.94 bits per heavy atom. The van der Waals surface area contributed by atoms with Crippen molar-refractivity contribution in [2.45, 2.75) is 6.92 Å². The highest BCUT2D eigenvalue weighted by atomic mass is 19.1. The normalized spacial score (nSPS) is 9.94. The Kier molecular flexibility index (Phi) is 4.65. The summed E-state index contributed by atoms with van der Waals surface area (Å²) in [5, 5.41) is 8.63. The molecule has 2 amide bonds. The number of amides is 2. The molecule has 0 heterocycles. The Labute approximate surface area is 104 Å². The van der Waals surface area contributed by atoms with E-state index in [-0.39, 0.29) is 12.2 Å². The van der Waals surface area contributed by atoms with Crippen LogP contribution in [0.2, 0.25) is 0 Å². The molecule has 0 radical (unpaired) electrons. The highest BCUT2D eigenvalue weighted by Crippen LogP contribution is 2.19. The van der Waals surface area contributed by atoms with Crippen LogP contribution < -0.4 is 4.90 Å². The number of rotatable bonds is 4. The molecule has 0 unspecified atom stereocenters. The van der Waals surface area contributed by atoms with Crippen LogP contribution in [0.15, 0.2) is 24.3 Å². The minimum absolute atomic E-state index is 0.141. The van der Waals surface area contributed by atoms with Crippen molar-refractivity contribution in [2.24, 2.45) is 0 Å². The molecule has 18 heavy (non-hydrogen) atoms. The molecule has 0 atom stereocenters. The van der Waals surface area contributed by atoms with Crippen molar-refractivity contribution in [3.63, 3.8) is 0 Å². The monoisotopic (exact) mass is 254 g/mol. The fourth-order valence-electron chi connectivity index (χ4n) is 1.56. The van der Waals surface area contributed by atoms with Gasteiger partial charge in [-0.15, -0.1) is 0 Å². The predicted octanol–water partition coefficient (Wildman–Crippen LogP) is 1.79. The van der Waals surface area contributed by atoms with E-state index in [1.54, 1.807) is 13.0 Å². The van der Waals surface area contributed by atoms with Gasteiger partial charge in [-0.1, -0.05) is 12.1 Å². The molecule has 0 bridgehead atoms. The summed E-state index contributed by atoms with van der Waals surface area (Å²) >= 11 is 0. The van der Waals surface area contributed by atoms with Crippen molar-refractivity contribution in [3.05, 3.63) is 30.1 Å². The predicted molar refractivity (Wildman–Crippen MR) is 65.1 cm³/mol. The number of carboxylic acids is 1. The molecule has 0 aliphatic heterocycles. The lowest BCUT2D eigenvalue weighted by Crippen LogP contribution is -2.43. The van der Waals surface area contributed by atoms with Crippen molar-refractivity contribution >= 4 is 17.7 Å². The number of hydrogen-bond acceptors (Lipinski definition) is 2. The molecule has 0 saturated carbocycles. The zero-order valence-electron chi connectivity index (χ0n) is 10.3. The molecule has 0 aliphatic rings. The van der Waals surface area contributed by atoms with E-state index in [0.29, 0.717) is 0 Å². The second-order valence-corrected chi connectivity index (χ2v) is 3.73. The average Bonchev–Trinajstić information content (AvgIpc) is 2.31. The van der Waals surface area contributed by atoms with Gasteiger partial charge in [-0.05, 0) is 19.1 Å². The third-order valence-electron chi connectivity index (χ3n) is 2.39. The van der Waals surface area contributed by atoms with Crippen LogP contribution in [0.1, 0.15) is 6.92 Å². The summed E-state index contributed by atoms with van der Waals surface area (Å²) < 4.78 is 13.6. The van der Waals surface area contributed by atoms with Gasteiger partial charge in [0.2, 0.25) is 0 Å². The quantitative estimate of drug-likeness (QED) is 0.891. The molecule has 1 rings (SSSR count). The molecule has 98 valence electrons. The van der Waals surface area contributed by atoms with E-state index < -0.39 is 24.4 Å². The lowest BCUT2D eigenvalue weighted by molar-refractivity contribution is -0.137. The number of urea groups is 1. The molecule has 1 aromatic carbocycles. The molecule has 5 nitrogen and oxygen atoms in total. The third kappa shape index (κ3) is 3.19. The summed E-state index contributed by atoms with van der Waals surface area (Å²) in [6.07, 6.45) is 0. The van der Waals surface area contributed by atoms with Crippen LogP contribution >= 0.6 is 0 Å². The molecule has 1 aromatic rings. The first-order valence-electron chi connectivity index (χ1n) is 5.46. The average molecular weight is 254 g/mol. The van der Waals surface area contributed by atoms with Crippen LogP contribution in [0, 0.1) is 5.82 Å². The number of carbonyl (C=O) groups is 2. The molecule has 6 heteroatoms. The van der Waals surface area contributed by atoms with Gasteiger partial charge in [-0.2, -0.15) is 0 Å². The number of anilines is 1. The van der Waals surface area contributed by atoms with Gasteiger partial charge in [0.25, 0.3) is 0 Å². The minimum atomic E-state index is -1.12. The minimum Gasteiger partial charge on any atom is -0.480 e. The Bertz CT molecular complexity index is 451. The number of hydrogen-bond donors (Lipinski definition) is 1. The van der Waals surface area contributed by atoms with Crippen molar-refractivity contribution < 1.29 is 19.1 Å².